The van der Waals surface area contributed by atoms with Gasteiger partial charge in [-0.2, -0.15) is 10.1 Å². The second kappa shape index (κ2) is 6.94. The van der Waals surface area contributed by atoms with E-state index in [2.05, 4.69) is 15.2 Å². The molecule has 1 amide bonds. The summed E-state index contributed by atoms with van der Waals surface area (Å²) in [7, 11) is 0. The van der Waals surface area contributed by atoms with E-state index in [0.29, 0.717) is 30.4 Å². The minimum absolute atomic E-state index is 0.0203. The van der Waals surface area contributed by atoms with Crippen molar-refractivity contribution >= 4 is 5.91 Å². The van der Waals surface area contributed by atoms with Crippen LogP contribution in [0, 0.1) is 5.82 Å². The first-order valence-electron chi connectivity index (χ1n) is 8.89. The number of hydrogen-bond donors (Lipinski definition) is 0. The van der Waals surface area contributed by atoms with Crippen molar-refractivity contribution in [3.05, 3.63) is 54.4 Å². The molecular formula is C19H20FN5O2. The first-order valence-corrected chi connectivity index (χ1v) is 8.89. The van der Waals surface area contributed by atoms with Crippen LogP contribution in [0.2, 0.25) is 0 Å². The number of likely N-dealkylation sites (tertiary alicyclic amines) is 1. The van der Waals surface area contributed by atoms with Crippen molar-refractivity contribution in [1.29, 1.82) is 0 Å². The van der Waals surface area contributed by atoms with Gasteiger partial charge in [-0.15, -0.1) is 0 Å². The summed E-state index contributed by atoms with van der Waals surface area (Å²) in [6.45, 7) is 3.49. The molecule has 8 heteroatoms. The smallest absolute Gasteiger partial charge is 0.257 e. The number of rotatable bonds is 4. The Balaban J connectivity index is 1.50. The molecule has 27 heavy (non-hydrogen) atoms. The molecule has 1 fully saturated rings. The highest BCUT2D eigenvalue weighted by Crippen LogP contribution is 2.33. The Bertz CT molecular complexity index is 922. The SMILES string of the molecule is CC1(c2noc(-c3ccc(F)cc3)n2)CCCN(C(=O)Cn2cccn2)C1. The van der Waals surface area contributed by atoms with Crippen molar-refractivity contribution < 1.29 is 13.7 Å². The predicted molar refractivity (Wildman–Crippen MR) is 95.1 cm³/mol. The van der Waals surface area contributed by atoms with Crippen LogP contribution in [0.25, 0.3) is 11.5 Å². The Kier molecular flexibility index (Phi) is 4.47. The van der Waals surface area contributed by atoms with E-state index in [1.807, 2.05) is 11.8 Å². The van der Waals surface area contributed by atoms with E-state index in [9.17, 15) is 9.18 Å². The second-order valence-corrected chi connectivity index (χ2v) is 7.11. The highest BCUT2D eigenvalue weighted by Gasteiger charge is 2.38. The minimum Gasteiger partial charge on any atom is -0.340 e. The fourth-order valence-electron chi connectivity index (χ4n) is 3.45. The molecule has 3 aromatic rings. The maximum Gasteiger partial charge on any atom is 0.257 e. The van der Waals surface area contributed by atoms with Crippen LogP contribution in [0.1, 0.15) is 25.6 Å². The van der Waals surface area contributed by atoms with Crippen molar-refractivity contribution in [2.75, 3.05) is 13.1 Å². The Hall–Kier alpha value is -3.03. The lowest BCUT2D eigenvalue weighted by molar-refractivity contribution is -0.134. The van der Waals surface area contributed by atoms with Crippen molar-refractivity contribution in [2.45, 2.75) is 31.7 Å². The Morgan fingerprint density at radius 2 is 2.15 bits per heavy atom. The van der Waals surface area contributed by atoms with Crippen molar-refractivity contribution in [2.24, 2.45) is 0 Å². The second-order valence-electron chi connectivity index (χ2n) is 7.11. The van der Waals surface area contributed by atoms with Gasteiger partial charge in [0.25, 0.3) is 5.89 Å². The van der Waals surface area contributed by atoms with Gasteiger partial charge in [-0.25, -0.2) is 4.39 Å². The van der Waals surface area contributed by atoms with E-state index >= 15 is 0 Å². The number of amides is 1. The highest BCUT2D eigenvalue weighted by atomic mass is 19.1. The van der Waals surface area contributed by atoms with Gasteiger partial charge >= 0.3 is 0 Å². The van der Waals surface area contributed by atoms with Gasteiger partial charge in [0.05, 0.1) is 0 Å². The fourth-order valence-corrected chi connectivity index (χ4v) is 3.45. The number of nitrogens with zero attached hydrogens (tertiary/aromatic N) is 5. The number of piperidine rings is 1. The summed E-state index contributed by atoms with van der Waals surface area (Å²) in [5.41, 5.74) is 0.279. The minimum atomic E-state index is -0.389. The van der Waals surface area contributed by atoms with E-state index in [4.69, 9.17) is 4.52 Å². The number of hydrogen-bond acceptors (Lipinski definition) is 5. The van der Waals surface area contributed by atoms with E-state index in [1.54, 1.807) is 35.3 Å². The van der Waals surface area contributed by atoms with Crippen LogP contribution in [-0.4, -0.2) is 43.8 Å². The third-order valence-electron chi connectivity index (χ3n) is 4.96. The third kappa shape index (κ3) is 3.60. The van der Waals surface area contributed by atoms with Crippen LogP contribution in [0.3, 0.4) is 0 Å². The zero-order valence-corrected chi connectivity index (χ0v) is 15.0. The molecule has 0 aliphatic carbocycles. The van der Waals surface area contributed by atoms with Gasteiger partial charge in [0.2, 0.25) is 5.91 Å². The molecule has 1 atom stereocenters. The first-order chi connectivity index (χ1) is 13.0. The van der Waals surface area contributed by atoms with Gasteiger partial charge < -0.3 is 9.42 Å². The molecule has 0 saturated carbocycles. The third-order valence-corrected chi connectivity index (χ3v) is 4.96. The number of halogens is 1. The molecule has 1 aliphatic heterocycles. The molecule has 1 aliphatic rings. The van der Waals surface area contributed by atoms with Gasteiger partial charge in [-0.3, -0.25) is 9.48 Å². The first kappa shape index (κ1) is 17.4. The number of carbonyl (C=O) groups is 1. The lowest BCUT2D eigenvalue weighted by Gasteiger charge is -2.38. The zero-order chi connectivity index (χ0) is 18.9. The molecule has 3 heterocycles. The van der Waals surface area contributed by atoms with Crippen LogP contribution in [-0.2, 0) is 16.8 Å². The standard InChI is InChI=1S/C19H20FN5O2/c1-19(18-22-17(27-23-18)14-4-6-15(20)7-5-14)8-2-10-24(13-19)16(26)12-25-11-3-9-21-25/h3-7,9,11H,2,8,10,12-13H2,1H3. The van der Waals surface area contributed by atoms with Crippen LogP contribution >= 0.6 is 0 Å². The zero-order valence-electron chi connectivity index (χ0n) is 15.0. The van der Waals surface area contributed by atoms with Crippen LogP contribution < -0.4 is 0 Å². The summed E-state index contributed by atoms with van der Waals surface area (Å²) >= 11 is 0. The highest BCUT2D eigenvalue weighted by molar-refractivity contribution is 5.76. The Morgan fingerprint density at radius 1 is 1.33 bits per heavy atom. The van der Waals surface area contributed by atoms with E-state index in [1.165, 1.54) is 12.1 Å². The van der Waals surface area contributed by atoms with Gasteiger partial charge in [0.1, 0.15) is 12.4 Å². The summed E-state index contributed by atoms with van der Waals surface area (Å²) in [5, 5.41) is 8.24. The van der Waals surface area contributed by atoms with Crippen molar-refractivity contribution in [3.63, 3.8) is 0 Å². The largest absolute Gasteiger partial charge is 0.340 e. The molecule has 1 aromatic carbocycles. The molecule has 1 saturated heterocycles. The van der Waals surface area contributed by atoms with Crippen molar-refractivity contribution in [1.82, 2.24) is 24.8 Å². The van der Waals surface area contributed by atoms with Gasteiger partial charge in [0.15, 0.2) is 5.82 Å². The summed E-state index contributed by atoms with van der Waals surface area (Å²) in [5.74, 6) is 0.626. The molecule has 1 unspecified atom stereocenters. The normalized spacial score (nSPS) is 20.0. The van der Waals surface area contributed by atoms with E-state index in [0.717, 1.165) is 12.8 Å². The summed E-state index contributed by atoms with van der Waals surface area (Å²) in [4.78, 5) is 19.0. The Morgan fingerprint density at radius 3 is 2.89 bits per heavy atom. The molecule has 0 spiro atoms. The van der Waals surface area contributed by atoms with Gasteiger partial charge in [-0.05, 0) is 43.2 Å². The molecule has 0 radical (unpaired) electrons. The molecular weight excluding hydrogens is 349 g/mol. The average Bonchev–Trinajstić information content (AvgIpc) is 3.34. The predicted octanol–water partition coefficient (Wildman–Crippen LogP) is 2.65. The van der Waals surface area contributed by atoms with Crippen molar-refractivity contribution in [3.8, 4) is 11.5 Å². The molecule has 0 bridgehead atoms. The van der Waals surface area contributed by atoms with Crippen LogP contribution in [0.15, 0.2) is 47.2 Å². The number of carbonyl (C=O) groups excluding carboxylic acids is 1. The maximum absolute atomic E-state index is 13.1. The molecule has 4 rings (SSSR count). The fraction of sp³-hybridized carbons (Fsp3) is 0.368. The number of aromatic nitrogens is 4. The van der Waals surface area contributed by atoms with E-state index in [-0.39, 0.29) is 23.7 Å². The summed E-state index contributed by atoms with van der Waals surface area (Å²) in [6, 6.07) is 7.73. The van der Waals surface area contributed by atoms with Gasteiger partial charge in [-0.1, -0.05) is 12.1 Å². The molecule has 2 aromatic heterocycles. The topological polar surface area (TPSA) is 77.0 Å². The maximum atomic E-state index is 13.1. The van der Waals surface area contributed by atoms with Crippen LogP contribution in [0.5, 0.6) is 0 Å². The molecule has 140 valence electrons. The monoisotopic (exact) mass is 369 g/mol. The summed E-state index contributed by atoms with van der Waals surface area (Å²) < 4.78 is 20.1. The average molecular weight is 369 g/mol. The lowest BCUT2D eigenvalue weighted by Crippen LogP contribution is -2.48. The molecule has 0 N–H and O–H groups in total. The van der Waals surface area contributed by atoms with E-state index < -0.39 is 0 Å². The quantitative estimate of drug-likeness (QED) is 0.707. The van der Waals surface area contributed by atoms with Crippen LogP contribution in [0.4, 0.5) is 4.39 Å². The lowest BCUT2D eigenvalue weighted by atomic mass is 9.81. The summed E-state index contributed by atoms with van der Waals surface area (Å²) in [6.07, 6.45) is 5.15. The number of benzene rings is 1. The van der Waals surface area contributed by atoms with Gasteiger partial charge in [0, 0.05) is 36.5 Å². The molecule has 7 nitrogen and oxygen atoms in total. The Labute approximate surface area is 155 Å².